The summed E-state index contributed by atoms with van der Waals surface area (Å²) >= 11 is 0.956. The molecule has 162 valence electrons. The lowest BCUT2D eigenvalue weighted by Gasteiger charge is -2.47. The quantitative estimate of drug-likeness (QED) is 0.535. The number of carbonyl (C=O) groups is 2. The van der Waals surface area contributed by atoms with E-state index in [4.69, 9.17) is 0 Å². The number of halogens is 1. The molecule has 2 aliphatic rings. The highest BCUT2D eigenvalue weighted by Crippen LogP contribution is 2.44. The summed E-state index contributed by atoms with van der Waals surface area (Å²) in [6.07, 6.45) is 2.87. The molecule has 2 aliphatic heterocycles. The van der Waals surface area contributed by atoms with Crippen molar-refractivity contribution in [3.63, 3.8) is 0 Å². The second kappa shape index (κ2) is 8.15. The van der Waals surface area contributed by atoms with E-state index in [2.05, 4.69) is 44.7 Å². The Morgan fingerprint density at radius 2 is 1.87 bits per heavy atom. The van der Waals surface area contributed by atoms with Crippen molar-refractivity contribution < 1.29 is 14.0 Å². The average molecular weight is 439 g/mol. The SMILES string of the molecule is CCN1c2ccc(/C=C3\SC(=O)N(Cc4ccc(F)cc4)C3=O)cc2[C@H](C)CC1(C)C. The van der Waals surface area contributed by atoms with Gasteiger partial charge in [-0.3, -0.25) is 14.5 Å². The molecule has 0 aromatic heterocycles. The van der Waals surface area contributed by atoms with Crippen molar-refractivity contribution in [2.45, 2.75) is 52.1 Å². The monoisotopic (exact) mass is 438 g/mol. The summed E-state index contributed by atoms with van der Waals surface area (Å²) in [6.45, 7) is 10.1. The van der Waals surface area contributed by atoms with Crippen molar-refractivity contribution in [1.82, 2.24) is 4.90 Å². The summed E-state index contributed by atoms with van der Waals surface area (Å²) in [4.78, 5) is 29.4. The first kappa shape index (κ1) is 21.6. The lowest BCUT2D eigenvalue weighted by molar-refractivity contribution is -0.123. The van der Waals surface area contributed by atoms with Crippen molar-refractivity contribution in [2.75, 3.05) is 11.4 Å². The first-order valence-electron chi connectivity index (χ1n) is 10.6. The summed E-state index contributed by atoms with van der Waals surface area (Å²) in [6, 6.07) is 12.1. The maximum absolute atomic E-state index is 13.1. The van der Waals surface area contributed by atoms with Crippen LogP contribution in [-0.2, 0) is 11.3 Å². The molecule has 0 radical (unpaired) electrons. The maximum Gasteiger partial charge on any atom is 0.293 e. The Morgan fingerprint density at radius 3 is 2.55 bits per heavy atom. The third kappa shape index (κ3) is 4.13. The zero-order valence-corrected chi connectivity index (χ0v) is 19.1. The molecular weight excluding hydrogens is 411 g/mol. The minimum atomic E-state index is -0.343. The van der Waals surface area contributed by atoms with Crippen LogP contribution in [0.4, 0.5) is 14.9 Å². The first-order chi connectivity index (χ1) is 14.7. The molecule has 1 saturated heterocycles. The lowest BCUT2D eigenvalue weighted by Crippen LogP contribution is -2.48. The topological polar surface area (TPSA) is 40.6 Å². The molecular formula is C25H27FN2O2S. The van der Waals surface area contributed by atoms with Gasteiger partial charge in [0.25, 0.3) is 11.1 Å². The Balaban J connectivity index is 1.59. The van der Waals surface area contributed by atoms with Crippen molar-refractivity contribution in [2.24, 2.45) is 0 Å². The number of amides is 2. The summed E-state index contributed by atoms with van der Waals surface area (Å²) in [5.74, 6) is -0.236. The molecule has 6 heteroatoms. The van der Waals surface area contributed by atoms with Gasteiger partial charge in [0.1, 0.15) is 5.82 Å². The van der Waals surface area contributed by atoms with Crippen LogP contribution in [0.15, 0.2) is 47.4 Å². The molecule has 4 nitrogen and oxygen atoms in total. The molecule has 2 aromatic rings. The van der Waals surface area contributed by atoms with Gasteiger partial charge in [-0.2, -0.15) is 0 Å². The van der Waals surface area contributed by atoms with Gasteiger partial charge in [0.15, 0.2) is 0 Å². The van der Waals surface area contributed by atoms with Gasteiger partial charge < -0.3 is 4.90 Å². The van der Waals surface area contributed by atoms with E-state index < -0.39 is 0 Å². The number of benzene rings is 2. The molecule has 1 fully saturated rings. The van der Waals surface area contributed by atoms with E-state index >= 15 is 0 Å². The molecule has 0 N–H and O–H groups in total. The van der Waals surface area contributed by atoms with Crippen molar-refractivity contribution in [3.05, 3.63) is 69.9 Å². The predicted octanol–water partition coefficient (Wildman–Crippen LogP) is 6.17. The molecule has 4 rings (SSSR count). The van der Waals surface area contributed by atoms with E-state index in [1.807, 2.05) is 6.07 Å². The normalized spacial score (nSPS) is 21.7. The Morgan fingerprint density at radius 1 is 1.16 bits per heavy atom. The van der Waals surface area contributed by atoms with E-state index in [9.17, 15) is 14.0 Å². The number of thioether (sulfide) groups is 1. The first-order valence-corrected chi connectivity index (χ1v) is 11.4. The highest BCUT2D eigenvalue weighted by molar-refractivity contribution is 8.18. The van der Waals surface area contributed by atoms with Gasteiger partial charge in [-0.1, -0.05) is 25.1 Å². The fraction of sp³-hybridized carbons (Fsp3) is 0.360. The minimum absolute atomic E-state index is 0.103. The van der Waals surface area contributed by atoms with E-state index in [0.717, 1.165) is 35.9 Å². The number of fused-ring (bicyclic) bond motifs is 1. The van der Waals surface area contributed by atoms with Crippen LogP contribution in [0, 0.1) is 5.82 Å². The Bertz CT molecular complexity index is 1060. The van der Waals surface area contributed by atoms with Gasteiger partial charge in [0.2, 0.25) is 0 Å². The van der Waals surface area contributed by atoms with Crippen LogP contribution < -0.4 is 4.90 Å². The van der Waals surface area contributed by atoms with E-state index in [1.165, 1.54) is 28.3 Å². The van der Waals surface area contributed by atoms with Crippen LogP contribution in [0.3, 0.4) is 0 Å². The number of rotatable bonds is 4. The van der Waals surface area contributed by atoms with Crippen molar-refractivity contribution in [3.8, 4) is 0 Å². The van der Waals surface area contributed by atoms with Gasteiger partial charge in [0, 0.05) is 17.8 Å². The standard InChI is InChI=1S/C25H27FN2O2S/c1-5-28-21-11-8-18(12-20(21)16(2)14-25(28,3)4)13-22-23(29)27(24(30)31-22)15-17-6-9-19(26)10-7-17/h6-13,16H,5,14-15H2,1-4H3/b22-13-/t16-/m1/s1. The lowest BCUT2D eigenvalue weighted by atomic mass is 9.79. The van der Waals surface area contributed by atoms with Crippen LogP contribution in [0.1, 0.15) is 56.7 Å². The number of carbonyl (C=O) groups excluding carboxylic acids is 2. The van der Waals surface area contributed by atoms with Crippen LogP contribution >= 0.6 is 11.8 Å². The van der Waals surface area contributed by atoms with E-state index in [1.54, 1.807) is 18.2 Å². The summed E-state index contributed by atoms with van der Waals surface area (Å²) < 4.78 is 13.1. The molecule has 0 unspecified atom stereocenters. The smallest absolute Gasteiger partial charge is 0.293 e. The number of hydrogen-bond acceptors (Lipinski definition) is 4. The minimum Gasteiger partial charge on any atom is -0.366 e. The second-order valence-electron chi connectivity index (χ2n) is 8.87. The van der Waals surface area contributed by atoms with Gasteiger partial charge in [-0.05, 0) is 91.9 Å². The molecule has 31 heavy (non-hydrogen) atoms. The van der Waals surface area contributed by atoms with Gasteiger partial charge >= 0.3 is 0 Å². The van der Waals surface area contributed by atoms with Crippen LogP contribution in [0.2, 0.25) is 0 Å². The van der Waals surface area contributed by atoms with Gasteiger partial charge in [-0.15, -0.1) is 0 Å². The number of nitrogens with zero attached hydrogens (tertiary/aromatic N) is 2. The van der Waals surface area contributed by atoms with Gasteiger partial charge in [-0.25, -0.2) is 4.39 Å². The third-order valence-corrected chi connectivity index (χ3v) is 7.06. The Kier molecular flexibility index (Phi) is 5.69. The largest absolute Gasteiger partial charge is 0.366 e. The van der Waals surface area contributed by atoms with E-state index in [-0.39, 0.29) is 29.0 Å². The molecule has 0 saturated carbocycles. The third-order valence-electron chi connectivity index (χ3n) is 6.15. The molecule has 0 aliphatic carbocycles. The summed E-state index contributed by atoms with van der Waals surface area (Å²) in [5, 5.41) is -0.300. The van der Waals surface area contributed by atoms with Crippen LogP contribution in [-0.4, -0.2) is 28.1 Å². The number of anilines is 1. The van der Waals surface area contributed by atoms with Crippen molar-refractivity contribution >= 4 is 34.7 Å². The number of hydrogen-bond donors (Lipinski definition) is 0. The molecule has 1 atom stereocenters. The zero-order chi connectivity index (χ0) is 22.3. The summed E-state index contributed by atoms with van der Waals surface area (Å²) in [7, 11) is 0. The Labute approximate surface area is 187 Å². The zero-order valence-electron chi connectivity index (χ0n) is 18.3. The maximum atomic E-state index is 13.1. The van der Waals surface area contributed by atoms with Gasteiger partial charge in [0.05, 0.1) is 11.4 Å². The summed E-state index contributed by atoms with van der Waals surface area (Å²) in [5.41, 5.74) is 4.27. The van der Waals surface area contributed by atoms with Crippen LogP contribution in [0.25, 0.3) is 6.08 Å². The highest BCUT2D eigenvalue weighted by atomic mass is 32.2. The molecule has 2 aromatic carbocycles. The van der Waals surface area contributed by atoms with Crippen molar-refractivity contribution in [1.29, 1.82) is 0 Å². The molecule has 2 heterocycles. The second-order valence-corrected chi connectivity index (χ2v) is 9.87. The average Bonchev–Trinajstić information content (AvgIpc) is 2.97. The molecule has 0 bridgehead atoms. The van der Waals surface area contributed by atoms with Crippen LogP contribution in [0.5, 0.6) is 0 Å². The number of imide groups is 1. The van der Waals surface area contributed by atoms with E-state index in [0.29, 0.717) is 10.8 Å². The highest BCUT2D eigenvalue weighted by Gasteiger charge is 2.37. The molecule has 2 amide bonds. The predicted molar refractivity (Wildman–Crippen MR) is 124 cm³/mol. The fourth-order valence-electron chi connectivity index (χ4n) is 4.76. The Hall–Kier alpha value is -2.60. The fourth-order valence-corrected chi connectivity index (χ4v) is 5.60. The molecule has 0 spiro atoms.